The predicted octanol–water partition coefficient (Wildman–Crippen LogP) is 0.948. The first-order chi connectivity index (χ1) is 6.65. The quantitative estimate of drug-likeness (QED) is 0.511. The zero-order valence-corrected chi connectivity index (χ0v) is 8.88. The van der Waals surface area contributed by atoms with Crippen molar-refractivity contribution in [3.05, 3.63) is 27.9 Å². The zero-order valence-electron chi connectivity index (χ0n) is 8.12. The van der Waals surface area contributed by atoms with E-state index in [1.807, 2.05) is 0 Å². The van der Waals surface area contributed by atoms with E-state index in [0.717, 1.165) is 0 Å². The van der Waals surface area contributed by atoms with Gasteiger partial charge in [-0.1, -0.05) is 18.2 Å². The van der Waals surface area contributed by atoms with Crippen LogP contribution < -0.4 is 10.6 Å². The van der Waals surface area contributed by atoms with Gasteiger partial charge in [0.2, 0.25) is 0 Å². The lowest BCUT2D eigenvalue weighted by atomic mass is 10.4. The van der Waals surface area contributed by atoms with E-state index in [4.69, 9.17) is 16.3 Å². The summed E-state index contributed by atoms with van der Waals surface area (Å²) in [7, 11) is 1.56. The highest BCUT2D eigenvalue weighted by molar-refractivity contribution is 6.30. The molecular formula is C10H11ClN2O. The van der Waals surface area contributed by atoms with Crippen LogP contribution in [-0.4, -0.2) is 18.0 Å². The van der Waals surface area contributed by atoms with Crippen LogP contribution in [0.5, 0.6) is 0 Å². The van der Waals surface area contributed by atoms with Crippen LogP contribution in [-0.2, 0) is 4.74 Å². The molecule has 4 heteroatoms. The largest absolute Gasteiger partial charge is 0.484 e. The predicted molar refractivity (Wildman–Crippen MR) is 58.6 cm³/mol. The Labute approximate surface area is 87.4 Å². The third-order valence-corrected chi connectivity index (χ3v) is 2.02. The molecule has 0 fully saturated rings. The van der Waals surface area contributed by atoms with E-state index in [-0.39, 0.29) is 0 Å². The van der Waals surface area contributed by atoms with Crippen LogP contribution in [0.3, 0.4) is 0 Å². The van der Waals surface area contributed by atoms with Crippen LogP contribution >= 0.6 is 11.6 Å². The Morgan fingerprint density at radius 1 is 1.71 bits per heavy atom. The molecule has 0 aromatic carbocycles. The van der Waals surface area contributed by atoms with Gasteiger partial charge in [0.05, 0.1) is 17.5 Å². The summed E-state index contributed by atoms with van der Waals surface area (Å²) in [5, 5.41) is 1.90. The third-order valence-electron chi connectivity index (χ3n) is 1.69. The minimum Gasteiger partial charge on any atom is -0.484 e. The normalized spacial score (nSPS) is 13.1. The second kappa shape index (κ2) is 4.77. The average molecular weight is 211 g/mol. The lowest BCUT2D eigenvalue weighted by molar-refractivity contribution is 0.400. The van der Waals surface area contributed by atoms with Crippen LogP contribution in [0.25, 0.3) is 12.8 Å². The van der Waals surface area contributed by atoms with Gasteiger partial charge < -0.3 is 4.74 Å². The van der Waals surface area contributed by atoms with Crippen molar-refractivity contribution in [2.24, 2.45) is 4.99 Å². The van der Waals surface area contributed by atoms with Crippen LogP contribution in [0, 0.1) is 0 Å². The van der Waals surface area contributed by atoms with Gasteiger partial charge in [0.25, 0.3) is 0 Å². The Hall–Kier alpha value is -1.35. The highest BCUT2D eigenvalue weighted by atomic mass is 35.5. The van der Waals surface area contributed by atoms with Crippen LogP contribution in [0.1, 0.15) is 6.92 Å². The van der Waals surface area contributed by atoms with E-state index >= 15 is 0 Å². The monoisotopic (exact) mass is 210 g/mol. The Kier molecular flexibility index (Phi) is 3.65. The van der Waals surface area contributed by atoms with Gasteiger partial charge in [-0.15, -0.1) is 0 Å². The number of ether oxygens (including phenoxy) is 1. The summed E-state index contributed by atoms with van der Waals surface area (Å²) in [5.74, 6) is 0.560. The Morgan fingerprint density at radius 2 is 2.43 bits per heavy atom. The molecule has 3 nitrogen and oxygen atoms in total. The highest BCUT2D eigenvalue weighted by Crippen LogP contribution is 1.95. The molecule has 14 heavy (non-hydrogen) atoms. The van der Waals surface area contributed by atoms with E-state index in [0.29, 0.717) is 21.5 Å². The van der Waals surface area contributed by atoms with Gasteiger partial charge in [-0.05, 0) is 6.07 Å². The van der Waals surface area contributed by atoms with Gasteiger partial charge >= 0.3 is 0 Å². The molecule has 0 bridgehead atoms. The lowest BCUT2D eigenvalue weighted by Crippen LogP contribution is -2.26. The van der Waals surface area contributed by atoms with Gasteiger partial charge in [0.15, 0.2) is 5.90 Å². The smallest absolute Gasteiger partial charge is 0.184 e. The van der Waals surface area contributed by atoms with E-state index in [1.54, 1.807) is 32.5 Å². The van der Waals surface area contributed by atoms with Crippen molar-refractivity contribution in [3.63, 3.8) is 0 Å². The molecule has 0 aliphatic heterocycles. The first-order valence-electron chi connectivity index (χ1n) is 4.03. The average Bonchev–Trinajstić information content (AvgIpc) is 2.16. The van der Waals surface area contributed by atoms with Crippen LogP contribution in [0.2, 0.25) is 5.02 Å². The molecule has 0 amide bonds. The molecule has 0 spiro atoms. The Balaban J connectivity index is 3.26. The summed E-state index contributed by atoms with van der Waals surface area (Å²) in [6, 6.07) is 1.69. The van der Waals surface area contributed by atoms with Crippen molar-refractivity contribution in [1.82, 2.24) is 4.98 Å². The summed E-state index contributed by atoms with van der Waals surface area (Å²) in [5.41, 5.74) is 0. The first-order valence-corrected chi connectivity index (χ1v) is 4.41. The molecule has 0 aliphatic rings. The number of hydrogen-bond donors (Lipinski definition) is 0. The molecule has 0 unspecified atom stereocenters. The van der Waals surface area contributed by atoms with Crippen LogP contribution in [0.4, 0.5) is 0 Å². The zero-order chi connectivity index (χ0) is 10.6. The molecule has 0 N–H and O–H groups in total. The maximum Gasteiger partial charge on any atom is 0.184 e. The van der Waals surface area contributed by atoms with Crippen molar-refractivity contribution in [3.8, 4) is 0 Å². The number of pyridine rings is 1. The molecule has 0 saturated carbocycles. The number of methoxy groups -OCH3 is 1. The third kappa shape index (κ3) is 2.57. The molecule has 74 valence electrons. The van der Waals surface area contributed by atoms with Gasteiger partial charge in [-0.2, -0.15) is 0 Å². The maximum absolute atomic E-state index is 5.93. The standard InChI is InChI=1S/C10H11ClN2O/c1-7-9(6-13-8(2)14-3)10(11)4-5-12-7/h4-6H,1H2,2-3H3/b9-6+,13-8?. The topological polar surface area (TPSA) is 34.5 Å². The van der Waals surface area contributed by atoms with Crippen molar-refractivity contribution in [2.75, 3.05) is 7.11 Å². The summed E-state index contributed by atoms with van der Waals surface area (Å²) in [4.78, 5) is 8.05. The fourth-order valence-corrected chi connectivity index (χ4v) is 1.05. The molecule has 0 radical (unpaired) electrons. The maximum atomic E-state index is 5.93. The van der Waals surface area contributed by atoms with E-state index in [9.17, 15) is 0 Å². The number of rotatable bonds is 1. The molecule has 1 heterocycles. The molecular weight excluding hydrogens is 200 g/mol. The highest BCUT2D eigenvalue weighted by Gasteiger charge is 1.91. The van der Waals surface area contributed by atoms with E-state index in [1.165, 1.54) is 0 Å². The number of aromatic nitrogens is 1. The Morgan fingerprint density at radius 3 is 3.00 bits per heavy atom. The van der Waals surface area contributed by atoms with Crippen LogP contribution in [0.15, 0.2) is 17.3 Å². The van der Waals surface area contributed by atoms with Gasteiger partial charge in [-0.25, -0.2) is 4.99 Å². The fraction of sp³-hybridized carbons (Fsp3) is 0.200. The fourth-order valence-electron chi connectivity index (χ4n) is 0.834. The number of halogens is 1. The summed E-state index contributed by atoms with van der Waals surface area (Å²) < 4.78 is 4.89. The van der Waals surface area contributed by atoms with Gasteiger partial charge in [0.1, 0.15) is 0 Å². The second-order valence-corrected chi connectivity index (χ2v) is 3.04. The van der Waals surface area contributed by atoms with Gasteiger partial charge in [0, 0.05) is 24.5 Å². The first kappa shape index (κ1) is 10.7. The minimum atomic E-state index is 0.560. The SMILES string of the molecule is C=c1nccc(Cl)/c1=C/N=C(C)OC. The lowest BCUT2D eigenvalue weighted by Gasteiger charge is -1.94. The Bertz CT molecular complexity index is 454. The number of aliphatic imine (C=N–C) groups is 1. The molecule has 0 saturated heterocycles. The van der Waals surface area contributed by atoms with Crippen molar-refractivity contribution < 1.29 is 4.74 Å². The minimum absolute atomic E-state index is 0.560. The number of hydrogen-bond acceptors (Lipinski definition) is 3. The van der Waals surface area contributed by atoms with Crippen molar-refractivity contribution in [2.45, 2.75) is 6.92 Å². The van der Waals surface area contributed by atoms with Crippen molar-refractivity contribution in [1.29, 1.82) is 0 Å². The number of nitrogens with zero attached hydrogens (tertiary/aromatic N) is 2. The van der Waals surface area contributed by atoms with Gasteiger partial charge in [-0.3, -0.25) is 4.98 Å². The molecule has 1 aromatic heterocycles. The summed E-state index contributed by atoms with van der Waals surface area (Å²) in [6.07, 6.45) is 3.20. The molecule has 1 aromatic rings. The van der Waals surface area contributed by atoms with E-state index in [2.05, 4.69) is 16.6 Å². The van der Waals surface area contributed by atoms with E-state index < -0.39 is 0 Å². The molecule has 1 rings (SSSR count). The summed E-state index contributed by atoms with van der Waals surface area (Å²) >= 11 is 5.93. The van der Waals surface area contributed by atoms with Crippen molar-refractivity contribution >= 4 is 30.3 Å². The molecule has 0 aliphatic carbocycles. The summed E-state index contributed by atoms with van der Waals surface area (Å²) in [6.45, 7) is 5.50. The molecule has 0 atom stereocenters. The second-order valence-electron chi connectivity index (χ2n) is 2.63.